The van der Waals surface area contributed by atoms with Crippen LogP contribution in [0.1, 0.15) is 16.8 Å². The summed E-state index contributed by atoms with van der Waals surface area (Å²) in [5.74, 6) is 0.203. The zero-order valence-corrected chi connectivity index (χ0v) is 15.9. The van der Waals surface area contributed by atoms with E-state index in [0.29, 0.717) is 38.2 Å². The Morgan fingerprint density at radius 2 is 1.77 bits per heavy atom. The fourth-order valence-corrected chi connectivity index (χ4v) is 5.07. The molecule has 1 atom stereocenters. The van der Waals surface area contributed by atoms with Crippen molar-refractivity contribution in [2.45, 2.75) is 6.42 Å². The summed E-state index contributed by atoms with van der Waals surface area (Å²) >= 11 is 0. The van der Waals surface area contributed by atoms with Gasteiger partial charge in [0.15, 0.2) is 9.84 Å². The molecule has 3 rings (SSSR count). The molecule has 1 aromatic heterocycles. The van der Waals surface area contributed by atoms with Crippen molar-refractivity contribution in [1.29, 1.82) is 0 Å². The molecular formula is C17H24N4O4S. The fourth-order valence-electron chi connectivity index (χ4n) is 3.34. The molecule has 8 nitrogen and oxygen atoms in total. The van der Waals surface area contributed by atoms with Crippen LogP contribution in [0, 0.1) is 5.92 Å². The highest BCUT2D eigenvalue weighted by Crippen LogP contribution is 2.21. The van der Waals surface area contributed by atoms with Crippen LogP contribution in [-0.2, 0) is 14.6 Å². The minimum absolute atomic E-state index is 0.0468. The van der Waals surface area contributed by atoms with E-state index in [1.54, 1.807) is 28.1 Å². The number of carbonyl (C=O) groups excluding carboxylic acids is 2. The summed E-state index contributed by atoms with van der Waals surface area (Å²) < 4.78 is 23.1. The molecule has 0 saturated carbocycles. The first kappa shape index (κ1) is 18.6. The number of aromatic nitrogens is 1. The third kappa shape index (κ3) is 3.98. The standard InChI is InChI=1S/C17H24N4O4S/c1-19(2)15-4-3-13(11-18-15)16(22)20-6-8-21(9-7-20)17(23)14-5-10-26(24,25)12-14/h3-4,11,14H,5-10,12H2,1-2H3. The Balaban J connectivity index is 1.56. The van der Waals surface area contributed by atoms with E-state index in [-0.39, 0.29) is 23.3 Å². The Labute approximate surface area is 153 Å². The normalized spacial score (nSPS) is 22.3. The molecule has 1 aromatic rings. The molecule has 9 heteroatoms. The Morgan fingerprint density at radius 1 is 1.12 bits per heavy atom. The maximum Gasteiger partial charge on any atom is 0.255 e. The lowest BCUT2D eigenvalue weighted by atomic mass is 10.1. The van der Waals surface area contributed by atoms with Crippen molar-refractivity contribution in [2.75, 3.05) is 56.7 Å². The summed E-state index contributed by atoms with van der Waals surface area (Å²) in [5, 5.41) is 0. The van der Waals surface area contributed by atoms with E-state index >= 15 is 0 Å². The molecular weight excluding hydrogens is 356 g/mol. The Kier molecular flexibility index (Phi) is 5.17. The van der Waals surface area contributed by atoms with Gasteiger partial charge in [-0.3, -0.25) is 9.59 Å². The third-order valence-corrected chi connectivity index (χ3v) is 6.68. The monoisotopic (exact) mass is 380 g/mol. The van der Waals surface area contributed by atoms with Gasteiger partial charge in [-0.2, -0.15) is 0 Å². The van der Waals surface area contributed by atoms with Crippen LogP contribution in [0.5, 0.6) is 0 Å². The highest BCUT2D eigenvalue weighted by molar-refractivity contribution is 7.91. The number of pyridine rings is 1. The lowest BCUT2D eigenvalue weighted by Gasteiger charge is -2.35. The van der Waals surface area contributed by atoms with Crippen molar-refractivity contribution >= 4 is 27.5 Å². The van der Waals surface area contributed by atoms with Crippen molar-refractivity contribution in [2.24, 2.45) is 5.92 Å². The summed E-state index contributed by atoms with van der Waals surface area (Å²) in [6.45, 7) is 1.76. The van der Waals surface area contributed by atoms with Crippen molar-refractivity contribution in [3.63, 3.8) is 0 Å². The number of sulfone groups is 1. The van der Waals surface area contributed by atoms with Crippen LogP contribution in [0.2, 0.25) is 0 Å². The molecule has 0 bridgehead atoms. The Morgan fingerprint density at radius 3 is 2.27 bits per heavy atom. The van der Waals surface area contributed by atoms with Crippen LogP contribution >= 0.6 is 0 Å². The van der Waals surface area contributed by atoms with E-state index in [1.165, 1.54) is 0 Å². The zero-order chi connectivity index (χ0) is 18.9. The van der Waals surface area contributed by atoms with Crippen molar-refractivity contribution in [3.8, 4) is 0 Å². The minimum atomic E-state index is -3.07. The first-order chi connectivity index (χ1) is 12.3. The zero-order valence-electron chi connectivity index (χ0n) is 15.1. The van der Waals surface area contributed by atoms with Crippen molar-refractivity contribution in [1.82, 2.24) is 14.8 Å². The largest absolute Gasteiger partial charge is 0.363 e. The molecule has 0 N–H and O–H groups in total. The second-order valence-corrected chi connectivity index (χ2v) is 9.25. The molecule has 2 fully saturated rings. The molecule has 3 heterocycles. The average Bonchev–Trinajstić information content (AvgIpc) is 3.00. The van der Waals surface area contributed by atoms with Gasteiger partial charge in [0.1, 0.15) is 5.82 Å². The summed E-state index contributed by atoms with van der Waals surface area (Å²) in [6.07, 6.45) is 1.97. The van der Waals surface area contributed by atoms with E-state index in [4.69, 9.17) is 0 Å². The van der Waals surface area contributed by atoms with Gasteiger partial charge in [0.25, 0.3) is 5.91 Å². The van der Waals surface area contributed by atoms with Gasteiger partial charge in [-0.05, 0) is 18.6 Å². The highest BCUT2D eigenvalue weighted by atomic mass is 32.2. The van der Waals surface area contributed by atoms with Crippen LogP contribution in [0.4, 0.5) is 5.82 Å². The molecule has 0 aromatic carbocycles. The molecule has 0 radical (unpaired) electrons. The summed E-state index contributed by atoms with van der Waals surface area (Å²) in [5.41, 5.74) is 0.525. The number of carbonyl (C=O) groups is 2. The minimum Gasteiger partial charge on any atom is -0.363 e. The number of hydrogen-bond donors (Lipinski definition) is 0. The molecule has 2 saturated heterocycles. The van der Waals surface area contributed by atoms with Gasteiger partial charge in [-0.15, -0.1) is 0 Å². The quantitative estimate of drug-likeness (QED) is 0.725. The molecule has 0 spiro atoms. The summed E-state index contributed by atoms with van der Waals surface area (Å²) in [6, 6.07) is 3.55. The molecule has 2 aliphatic rings. The van der Waals surface area contributed by atoms with E-state index in [0.717, 1.165) is 5.82 Å². The van der Waals surface area contributed by atoms with Gasteiger partial charge >= 0.3 is 0 Å². The topological polar surface area (TPSA) is 90.9 Å². The van der Waals surface area contributed by atoms with Crippen molar-refractivity contribution < 1.29 is 18.0 Å². The molecule has 2 amide bonds. The highest BCUT2D eigenvalue weighted by Gasteiger charge is 2.36. The maximum absolute atomic E-state index is 12.6. The smallest absolute Gasteiger partial charge is 0.255 e. The van der Waals surface area contributed by atoms with Gasteiger partial charge in [-0.1, -0.05) is 0 Å². The number of amides is 2. The molecule has 1 unspecified atom stereocenters. The number of piperazine rings is 1. The van der Waals surface area contributed by atoms with E-state index < -0.39 is 15.8 Å². The van der Waals surface area contributed by atoms with Crippen LogP contribution in [-0.4, -0.2) is 86.8 Å². The van der Waals surface area contributed by atoms with Crippen LogP contribution in [0.3, 0.4) is 0 Å². The van der Waals surface area contributed by atoms with E-state index in [2.05, 4.69) is 4.98 Å². The van der Waals surface area contributed by atoms with Crippen LogP contribution in [0.25, 0.3) is 0 Å². The predicted octanol–water partition coefficient (Wildman–Crippen LogP) is -0.133. The molecule has 2 aliphatic heterocycles. The number of rotatable bonds is 3. The first-order valence-corrected chi connectivity index (χ1v) is 10.5. The predicted molar refractivity (Wildman–Crippen MR) is 97.8 cm³/mol. The number of nitrogens with zero attached hydrogens (tertiary/aromatic N) is 4. The second kappa shape index (κ2) is 7.22. The third-order valence-electron chi connectivity index (χ3n) is 4.91. The lowest BCUT2D eigenvalue weighted by Crippen LogP contribution is -2.52. The van der Waals surface area contributed by atoms with Gasteiger partial charge in [0.2, 0.25) is 5.91 Å². The summed E-state index contributed by atoms with van der Waals surface area (Å²) in [4.78, 5) is 34.6. The van der Waals surface area contributed by atoms with Gasteiger partial charge in [-0.25, -0.2) is 13.4 Å². The van der Waals surface area contributed by atoms with E-state index in [9.17, 15) is 18.0 Å². The number of anilines is 1. The van der Waals surface area contributed by atoms with Crippen LogP contribution in [0.15, 0.2) is 18.3 Å². The van der Waals surface area contributed by atoms with Crippen molar-refractivity contribution in [3.05, 3.63) is 23.9 Å². The van der Waals surface area contributed by atoms with Gasteiger partial charge in [0.05, 0.1) is 23.0 Å². The Bertz CT molecular complexity index is 783. The first-order valence-electron chi connectivity index (χ1n) is 8.69. The number of hydrogen-bond acceptors (Lipinski definition) is 6. The molecule has 142 valence electrons. The van der Waals surface area contributed by atoms with E-state index in [1.807, 2.05) is 19.0 Å². The molecule has 0 aliphatic carbocycles. The van der Waals surface area contributed by atoms with Gasteiger partial charge < -0.3 is 14.7 Å². The second-order valence-electron chi connectivity index (χ2n) is 7.02. The summed E-state index contributed by atoms with van der Waals surface area (Å²) in [7, 11) is 0.698. The lowest BCUT2D eigenvalue weighted by molar-refractivity contribution is -0.136. The van der Waals surface area contributed by atoms with Crippen LogP contribution < -0.4 is 4.90 Å². The average molecular weight is 380 g/mol. The Hall–Kier alpha value is -2.16. The maximum atomic E-state index is 12.6. The SMILES string of the molecule is CN(C)c1ccc(C(=O)N2CCN(C(=O)C3CCS(=O)(=O)C3)CC2)cn1. The fraction of sp³-hybridized carbons (Fsp3) is 0.588. The van der Waals surface area contributed by atoms with Gasteiger partial charge in [0, 0.05) is 46.5 Å². The molecule has 26 heavy (non-hydrogen) atoms.